The quantitative estimate of drug-likeness (QED) is 0.639. The summed E-state index contributed by atoms with van der Waals surface area (Å²) in [6, 6.07) is 14.5. The van der Waals surface area contributed by atoms with Gasteiger partial charge in [-0.3, -0.25) is 4.79 Å². The normalized spacial score (nSPS) is 10.7. The lowest BCUT2D eigenvalue weighted by Gasteiger charge is -2.01. The predicted molar refractivity (Wildman–Crippen MR) is 71.1 cm³/mol. The molecule has 0 amide bonds. The third-order valence-electron chi connectivity index (χ3n) is 2.84. The zero-order chi connectivity index (χ0) is 12.5. The molecule has 0 atom stereocenters. The maximum Gasteiger partial charge on any atom is 0.198 e. The first kappa shape index (κ1) is 11.1. The first-order valence-electron chi connectivity index (χ1n) is 5.53. The Balaban J connectivity index is 2.16. The summed E-state index contributed by atoms with van der Waals surface area (Å²) in [4.78, 5) is 12.4. The highest BCUT2D eigenvalue weighted by Gasteiger charge is 2.17. The Labute approximate surface area is 109 Å². The number of hydrogen-bond donors (Lipinski definition) is 0. The van der Waals surface area contributed by atoms with Gasteiger partial charge in [-0.1, -0.05) is 41.9 Å². The van der Waals surface area contributed by atoms with Gasteiger partial charge in [0.15, 0.2) is 5.78 Å². The summed E-state index contributed by atoms with van der Waals surface area (Å²) in [5, 5.41) is 1.26. The molecule has 0 saturated heterocycles. The van der Waals surface area contributed by atoms with Crippen molar-refractivity contribution in [1.29, 1.82) is 0 Å². The molecule has 0 unspecified atom stereocenters. The fraction of sp³-hybridized carbons (Fsp3) is 0. The van der Waals surface area contributed by atoms with Crippen molar-refractivity contribution in [3.05, 3.63) is 70.9 Å². The molecule has 1 aromatic heterocycles. The van der Waals surface area contributed by atoms with Gasteiger partial charge in [0.2, 0.25) is 0 Å². The second-order valence-electron chi connectivity index (χ2n) is 3.95. The molecule has 0 fully saturated rings. The van der Waals surface area contributed by atoms with Crippen LogP contribution in [0.1, 0.15) is 15.9 Å². The van der Waals surface area contributed by atoms with Crippen LogP contribution in [0.25, 0.3) is 11.0 Å². The molecular weight excluding hydrogens is 248 g/mol. The van der Waals surface area contributed by atoms with Crippen LogP contribution in [-0.2, 0) is 0 Å². The van der Waals surface area contributed by atoms with Gasteiger partial charge in [0.05, 0.1) is 10.6 Å². The molecule has 18 heavy (non-hydrogen) atoms. The second kappa shape index (κ2) is 4.31. The molecule has 0 N–H and O–H groups in total. The average molecular weight is 257 g/mol. The van der Waals surface area contributed by atoms with Gasteiger partial charge in [-0.25, -0.2) is 0 Å². The molecule has 3 aromatic rings. The average Bonchev–Trinajstić information content (AvgIpc) is 2.82. The fourth-order valence-electron chi connectivity index (χ4n) is 1.94. The van der Waals surface area contributed by atoms with Crippen molar-refractivity contribution >= 4 is 28.4 Å². The van der Waals surface area contributed by atoms with Crippen molar-refractivity contribution in [3.8, 4) is 0 Å². The number of ketones is 1. The van der Waals surface area contributed by atoms with Crippen LogP contribution >= 0.6 is 11.6 Å². The summed E-state index contributed by atoms with van der Waals surface area (Å²) in [6.07, 6.45) is 1.48. The molecule has 0 spiro atoms. The van der Waals surface area contributed by atoms with Gasteiger partial charge in [0.25, 0.3) is 0 Å². The van der Waals surface area contributed by atoms with Crippen molar-refractivity contribution in [2.24, 2.45) is 0 Å². The molecule has 3 rings (SSSR count). The van der Waals surface area contributed by atoms with E-state index in [2.05, 4.69) is 0 Å². The molecule has 1 heterocycles. The minimum atomic E-state index is -0.120. The molecular formula is C15H9ClO2. The number of carbonyl (C=O) groups is 1. The Morgan fingerprint density at radius 1 is 0.944 bits per heavy atom. The van der Waals surface area contributed by atoms with Crippen LogP contribution in [0.15, 0.2) is 59.2 Å². The second-order valence-corrected chi connectivity index (χ2v) is 4.36. The van der Waals surface area contributed by atoms with Crippen LogP contribution in [-0.4, -0.2) is 5.78 Å². The lowest BCUT2D eigenvalue weighted by atomic mass is 10.0. The number of rotatable bonds is 2. The minimum Gasteiger partial charge on any atom is -0.464 e. The molecule has 3 heteroatoms. The summed E-state index contributed by atoms with van der Waals surface area (Å²) in [5.74, 6) is -0.120. The molecule has 0 bridgehead atoms. The number of para-hydroxylation sites is 1. The molecule has 0 radical (unpaired) electrons. The largest absolute Gasteiger partial charge is 0.464 e. The zero-order valence-corrected chi connectivity index (χ0v) is 10.1. The van der Waals surface area contributed by atoms with Crippen LogP contribution in [0, 0.1) is 0 Å². The lowest BCUT2D eigenvalue weighted by Crippen LogP contribution is -2.00. The van der Waals surface area contributed by atoms with Gasteiger partial charge < -0.3 is 4.42 Å². The van der Waals surface area contributed by atoms with E-state index in [9.17, 15) is 4.79 Å². The Kier molecular flexibility index (Phi) is 2.65. The third-order valence-corrected chi connectivity index (χ3v) is 3.17. The van der Waals surface area contributed by atoms with Gasteiger partial charge in [-0.2, -0.15) is 0 Å². The highest BCUT2D eigenvalue weighted by Crippen LogP contribution is 2.25. The highest BCUT2D eigenvalue weighted by molar-refractivity contribution is 6.35. The number of halogens is 1. The molecule has 0 aliphatic heterocycles. The Bertz CT molecular complexity index is 728. The van der Waals surface area contributed by atoms with Gasteiger partial charge in [0, 0.05) is 10.9 Å². The number of carbonyl (C=O) groups excluding carboxylic acids is 1. The Morgan fingerprint density at radius 3 is 2.50 bits per heavy atom. The van der Waals surface area contributed by atoms with Crippen LogP contribution < -0.4 is 0 Å². The van der Waals surface area contributed by atoms with Crippen LogP contribution in [0.4, 0.5) is 0 Å². The number of furan rings is 1. The van der Waals surface area contributed by atoms with E-state index in [0.717, 1.165) is 5.39 Å². The van der Waals surface area contributed by atoms with Crippen molar-refractivity contribution in [3.63, 3.8) is 0 Å². The number of benzene rings is 2. The first-order chi connectivity index (χ1) is 8.77. The smallest absolute Gasteiger partial charge is 0.198 e. The van der Waals surface area contributed by atoms with Crippen molar-refractivity contribution in [1.82, 2.24) is 0 Å². The Morgan fingerprint density at radius 2 is 1.67 bits per heavy atom. The fourth-order valence-corrected chi connectivity index (χ4v) is 2.17. The number of hydrogen-bond acceptors (Lipinski definition) is 2. The standard InChI is InChI=1S/C15H9ClO2/c16-13-7-3-1-6-11(13)15(17)12-9-18-14-8-4-2-5-10(12)14/h1-9H. The first-order valence-corrected chi connectivity index (χ1v) is 5.90. The number of fused-ring (bicyclic) bond motifs is 1. The lowest BCUT2D eigenvalue weighted by molar-refractivity contribution is 0.103. The SMILES string of the molecule is O=C(c1ccccc1Cl)c1coc2ccccc12. The van der Waals surface area contributed by atoms with Crippen molar-refractivity contribution in [2.45, 2.75) is 0 Å². The summed E-state index contributed by atoms with van der Waals surface area (Å²) in [5.41, 5.74) is 1.73. The minimum absolute atomic E-state index is 0.120. The van der Waals surface area contributed by atoms with E-state index >= 15 is 0 Å². The predicted octanol–water partition coefficient (Wildman–Crippen LogP) is 4.32. The Hall–Kier alpha value is -2.06. The highest BCUT2D eigenvalue weighted by atomic mass is 35.5. The maximum atomic E-state index is 12.4. The molecule has 2 aromatic carbocycles. The monoisotopic (exact) mass is 256 g/mol. The van der Waals surface area contributed by atoms with E-state index in [4.69, 9.17) is 16.0 Å². The van der Waals surface area contributed by atoms with E-state index in [-0.39, 0.29) is 5.78 Å². The zero-order valence-electron chi connectivity index (χ0n) is 9.39. The molecule has 0 aliphatic carbocycles. The van der Waals surface area contributed by atoms with E-state index in [1.54, 1.807) is 24.3 Å². The van der Waals surface area contributed by atoms with E-state index in [1.165, 1.54) is 6.26 Å². The maximum absolute atomic E-state index is 12.4. The van der Waals surface area contributed by atoms with Crippen molar-refractivity contribution < 1.29 is 9.21 Å². The van der Waals surface area contributed by atoms with E-state index in [0.29, 0.717) is 21.7 Å². The molecule has 88 valence electrons. The topological polar surface area (TPSA) is 30.2 Å². The summed E-state index contributed by atoms with van der Waals surface area (Å²) in [7, 11) is 0. The van der Waals surface area contributed by atoms with E-state index in [1.807, 2.05) is 24.3 Å². The summed E-state index contributed by atoms with van der Waals surface area (Å²) in [6.45, 7) is 0. The van der Waals surface area contributed by atoms with E-state index < -0.39 is 0 Å². The van der Waals surface area contributed by atoms with Crippen molar-refractivity contribution in [2.75, 3.05) is 0 Å². The van der Waals surface area contributed by atoms with Gasteiger partial charge in [0.1, 0.15) is 11.8 Å². The van der Waals surface area contributed by atoms with Crippen LogP contribution in [0.2, 0.25) is 5.02 Å². The summed E-state index contributed by atoms with van der Waals surface area (Å²) < 4.78 is 5.37. The van der Waals surface area contributed by atoms with Gasteiger partial charge in [-0.05, 0) is 18.2 Å². The third kappa shape index (κ3) is 1.71. The van der Waals surface area contributed by atoms with Crippen LogP contribution in [0.5, 0.6) is 0 Å². The molecule has 0 saturated carbocycles. The summed E-state index contributed by atoms with van der Waals surface area (Å²) >= 11 is 6.04. The van der Waals surface area contributed by atoms with Gasteiger partial charge in [-0.15, -0.1) is 0 Å². The van der Waals surface area contributed by atoms with Crippen LogP contribution in [0.3, 0.4) is 0 Å². The molecule has 2 nitrogen and oxygen atoms in total. The molecule has 0 aliphatic rings. The van der Waals surface area contributed by atoms with Gasteiger partial charge >= 0.3 is 0 Å².